The molecule has 0 aromatic rings. The van der Waals surface area contributed by atoms with Crippen LogP contribution in [0.5, 0.6) is 0 Å². The number of nitrogens with two attached hydrogens (primary N) is 1. The first-order valence-corrected chi connectivity index (χ1v) is 7.55. The number of nitrogens with zero attached hydrogens (tertiary/aromatic N) is 1. The van der Waals surface area contributed by atoms with Crippen molar-refractivity contribution in [2.75, 3.05) is 0 Å². The minimum atomic E-state index is -0.0294. The normalized spacial score (nSPS) is 26.6. The fraction of sp³-hybridized carbons (Fsp3) is 0.706. The molecule has 1 saturated carbocycles. The molecule has 0 aromatic carbocycles. The maximum absolute atomic E-state index is 8.90. The van der Waals surface area contributed by atoms with Gasteiger partial charge in [-0.2, -0.15) is 5.26 Å². The van der Waals surface area contributed by atoms with Gasteiger partial charge in [-0.15, -0.1) is 0 Å². The zero-order chi connectivity index (χ0) is 14.3. The Kier molecular flexibility index (Phi) is 6.70. The molecule has 19 heavy (non-hydrogen) atoms. The largest absolute Gasteiger partial charge is 0.405 e. The standard InChI is InChI=1S/C17H28N2/c1-13(2)17-6-4-15(5-7-17)11-16(8-9-18)10-14(3)12-19/h8-10,13-15,17H,4-7,11,18H2,1-3H3/b9-8-,16-10+. The highest BCUT2D eigenvalue weighted by molar-refractivity contribution is 5.21. The SMILES string of the molecule is CC(C#N)/C=C(\C=C/N)CC1CCC(C(C)C)CC1. The molecule has 106 valence electrons. The zero-order valence-electron chi connectivity index (χ0n) is 12.6. The van der Waals surface area contributed by atoms with Gasteiger partial charge in [-0.3, -0.25) is 0 Å². The van der Waals surface area contributed by atoms with E-state index in [1.54, 1.807) is 6.20 Å². The first kappa shape index (κ1) is 15.8. The Balaban J connectivity index is 2.53. The lowest BCUT2D eigenvalue weighted by Gasteiger charge is -2.31. The van der Waals surface area contributed by atoms with Gasteiger partial charge in [0.05, 0.1) is 12.0 Å². The van der Waals surface area contributed by atoms with E-state index in [2.05, 4.69) is 26.0 Å². The second kappa shape index (κ2) is 8.04. The summed E-state index contributed by atoms with van der Waals surface area (Å²) in [7, 11) is 0. The van der Waals surface area contributed by atoms with Crippen LogP contribution in [0.2, 0.25) is 0 Å². The van der Waals surface area contributed by atoms with Crippen molar-refractivity contribution < 1.29 is 0 Å². The van der Waals surface area contributed by atoms with Gasteiger partial charge in [0.15, 0.2) is 0 Å². The molecule has 2 nitrogen and oxygen atoms in total. The minimum Gasteiger partial charge on any atom is -0.405 e. The Morgan fingerprint density at radius 3 is 2.37 bits per heavy atom. The van der Waals surface area contributed by atoms with E-state index in [9.17, 15) is 0 Å². The van der Waals surface area contributed by atoms with Crippen molar-refractivity contribution >= 4 is 0 Å². The molecule has 1 atom stereocenters. The van der Waals surface area contributed by atoms with Crippen LogP contribution in [0.15, 0.2) is 23.9 Å². The summed E-state index contributed by atoms with van der Waals surface area (Å²) in [6, 6.07) is 2.26. The van der Waals surface area contributed by atoms with Gasteiger partial charge in [0, 0.05) is 0 Å². The molecule has 0 heterocycles. The smallest absolute Gasteiger partial charge is 0.0694 e. The molecule has 0 radical (unpaired) electrons. The molecular weight excluding hydrogens is 232 g/mol. The number of hydrogen-bond donors (Lipinski definition) is 1. The van der Waals surface area contributed by atoms with Crippen LogP contribution in [0, 0.1) is 35.0 Å². The van der Waals surface area contributed by atoms with Crippen LogP contribution in [-0.2, 0) is 0 Å². The van der Waals surface area contributed by atoms with Gasteiger partial charge in [0.25, 0.3) is 0 Å². The minimum absolute atomic E-state index is 0.0294. The lowest BCUT2D eigenvalue weighted by molar-refractivity contribution is 0.224. The third kappa shape index (κ3) is 5.51. The van der Waals surface area contributed by atoms with Gasteiger partial charge in [0.1, 0.15) is 0 Å². The van der Waals surface area contributed by atoms with Crippen LogP contribution in [0.4, 0.5) is 0 Å². The average molecular weight is 260 g/mol. The van der Waals surface area contributed by atoms with Crippen molar-refractivity contribution in [3.05, 3.63) is 23.9 Å². The summed E-state index contributed by atoms with van der Waals surface area (Å²) in [5.41, 5.74) is 6.74. The maximum atomic E-state index is 8.90. The lowest BCUT2D eigenvalue weighted by atomic mass is 9.75. The van der Waals surface area contributed by atoms with Crippen LogP contribution >= 0.6 is 0 Å². The number of rotatable bonds is 5. The first-order chi connectivity index (χ1) is 9.06. The van der Waals surface area contributed by atoms with Crippen molar-refractivity contribution in [3.63, 3.8) is 0 Å². The summed E-state index contributed by atoms with van der Waals surface area (Å²) in [6.45, 7) is 6.60. The Morgan fingerprint density at radius 2 is 1.89 bits per heavy atom. The van der Waals surface area contributed by atoms with Crippen LogP contribution in [0.1, 0.15) is 52.9 Å². The summed E-state index contributed by atoms with van der Waals surface area (Å²) in [5.74, 6) is 2.46. The van der Waals surface area contributed by atoms with Crippen molar-refractivity contribution in [3.8, 4) is 6.07 Å². The molecule has 2 heteroatoms. The second-order valence-electron chi connectivity index (χ2n) is 6.25. The van der Waals surface area contributed by atoms with Crippen molar-refractivity contribution in [2.45, 2.75) is 52.9 Å². The molecule has 0 aromatic heterocycles. The lowest BCUT2D eigenvalue weighted by Crippen LogP contribution is -2.18. The Hall–Kier alpha value is -1.23. The Morgan fingerprint density at radius 1 is 1.26 bits per heavy atom. The van der Waals surface area contributed by atoms with E-state index >= 15 is 0 Å². The molecule has 0 amide bonds. The Labute approximate surface area is 118 Å². The predicted molar refractivity (Wildman–Crippen MR) is 81.1 cm³/mol. The van der Waals surface area contributed by atoms with Gasteiger partial charge in [-0.25, -0.2) is 0 Å². The van der Waals surface area contributed by atoms with Crippen LogP contribution < -0.4 is 5.73 Å². The van der Waals surface area contributed by atoms with E-state index in [1.807, 2.05) is 13.0 Å². The highest BCUT2D eigenvalue weighted by Gasteiger charge is 2.23. The van der Waals surface area contributed by atoms with E-state index in [4.69, 9.17) is 11.0 Å². The monoisotopic (exact) mass is 260 g/mol. The van der Waals surface area contributed by atoms with Gasteiger partial charge >= 0.3 is 0 Å². The quantitative estimate of drug-likeness (QED) is 0.745. The molecule has 0 spiro atoms. The van der Waals surface area contributed by atoms with Crippen molar-refractivity contribution in [1.29, 1.82) is 5.26 Å². The summed E-state index contributed by atoms with van der Waals surface area (Å²) < 4.78 is 0. The fourth-order valence-electron chi connectivity index (χ4n) is 3.07. The average Bonchev–Trinajstić information content (AvgIpc) is 2.39. The topological polar surface area (TPSA) is 49.8 Å². The molecule has 0 aliphatic heterocycles. The summed E-state index contributed by atoms with van der Waals surface area (Å²) in [6.07, 6.45) is 12.0. The summed E-state index contributed by atoms with van der Waals surface area (Å²) in [4.78, 5) is 0. The molecule has 1 rings (SSSR count). The van der Waals surface area contributed by atoms with Gasteiger partial charge in [-0.1, -0.05) is 19.9 Å². The fourth-order valence-corrected chi connectivity index (χ4v) is 3.07. The highest BCUT2D eigenvalue weighted by atomic mass is 14.5. The van der Waals surface area contributed by atoms with Gasteiger partial charge < -0.3 is 5.73 Å². The molecule has 1 fully saturated rings. The highest BCUT2D eigenvalue weighted by Crippen LogP contribution is 2.36. The second-order valence-corrected chi connectivity index (χ2v) is 6.25. The first-order valence-electron chi connectivity index (χ1n) is 7.55. The van der Waals surface area contributed by atoms with Crippen LogP contribution in [0.25, 0.3) is 0 Å². The summed E-state index contributed by atoms with van der Waals surface area (Å²) in [5, 5.41) is 8.90. The third-order valence-electron chi connectivity index (χ3n) is 4.34. The number of nitriles is 1. The summed E-state index contributed by atoms with van der Waals surface area (Å²) >= 11 is 0. The van der Waals surface area contributed by atoms with Crippen molar-refractivity contribution in [2.24, 2.45) is 29.4 Å². The van der Waals surface area contributed by atoms with Crippen LogP contribution in [-0.4, -0.2) is 0 Å². The molecule has 1 aliphatic carbocycles. The number of allylic oxidation sites excluding steroid dienone is 3. The molecule has 1 unspecified atom stereocenters. The van der Waals surface area contributed by atoms with E-state index in [0.717, 1.165) is 24.2 Å². The van der Waals surface area contributed by atoms with E-state index < -0.39 is 0 Å². The molecule has 0 bridgehead atoms. The van der Waals surface area contributed by atoms with E-state index in [0.29, 0.717) is 0 Å². The maximum Gasteiger partial charge on any atom is 0.0694 e. The van der Waals surface area contributed by atoms with Gasteiger partial charge in [-0.05, 0) is 74.6 Å². The van der Waals surface area contributed by atoms with E-state index in [1.165, 1.54) is 31.3 Å². The molecular formula is C17H28N2. The molecule has 2 N–H and O–H groups in total. The predicted octanol–water partition coefficient (Wildman–Crippen LogP) is 4.40. The molecule has 1 aliphatic rings. The number of hydrogen-bond acceptors (Lipinski definition) is 2. The molecule has 0 saturated heterocycles. The van der Waals surface area contributed by atoms with E-state index in [-0.39, 0.29) is 5.92 Å². The zero-order valence-corrected chi connectivity index (χ0v) is 12.6. The Bertz CT molecular complexity index is 352. The third-order valence-corrected chi connectivity index (χ3v) is 4.34. The van der Waals surface area contributed by atoms with Gasteiger partial charge in [0.2, 0.25) is 0 Å². The van der Waals surface area contributed by atoms with Crippen molar-refractivity contribution in [1.82, 2.24) is 0 Å². The van der Waals surface area contributed by atoms with Crippen LogP contribution in [0.3, 0.4) is 0 Å².